The number of hydrogen-bond donors (Lipinski definition) is 2. The highest BCUT2D eigenvalue weighted by atomic mass is 127. The van der Waals surface area contributed by atoms with E-state index in [1.54, 1.807) is 0 Å². The molecule has 2 unspecified atom stereocenters. The number of benzene rings is 1. The molecule has 1 saturated carbocycles. The summed E-state index contributed by atoms with van der Waals surface area (Å²) < 4.78 is 5.82. The van der Waals surface area contributed by atoms with Gasteiger partial charge in [-0.1, -0.05) is 12.1 Å². The molecule has 1 aliphatic carbocycles. The number of hydrogen-bond acceptors (Lipinski definition) is 4. The molecule has 2 atom stereocenters. The van der Waals surface area contributed by atoms with Crippen LogP contribution in [0.3, 0.4) is 0 Å². The maximum atomic E-state index is 5.82. The topological polar surface area (TPSA) is 48.9 Å². The number of thioether (sulfide) groups is 1. The molecule has 0 aromatic heterocycles. The van der Waals surface area contributed by atoms with Gasteiger partial charge in [0.05, 0.1) is 6.54 Å². The lowest BCUT2D eigenvalue weighted by molar-refractivity contribution is 0.261. The highest BCUT2D eigenvalue weighted by Gasteiger charge is 2.24. The number of nitrogens with zero attached hydrogens (tertiary/aromatic N) is 2. The second kappa shape index (κ2) is 13.5. The van der Waals surface area contributed by atoms with Crippen LogP contribution in [0, 0.1) is 0 Å². The van der Waals surface area contributed by atoms with Gasteiger partial charge in [-0.15, -0.1) is 24.0 Å². The molecule has 2 rings (SSSR count). The summed E-state index contributed by atoms with van der Waals surface area (Å²) in [7, 11) is 4.10. The SMILES string of the molecule is CCNC(=NCc1cccc(OCCN(C)C)c1)NC1CCC(SC)C1.I. The predicted octanol–water partition coefficient (Wildman–Crippen LogP) is 3.58. The van der Waals surface area contributed by atoms with Gasteiger partial charge in [0.2, 0.25) is 0 Å². The van der Waals surface area contributed by atoms with Crippen LogP contribution in [0.4, 0.5) is 0 Å². The van der Waals surface area contributed by atoms with Gasteiger partial charge in [-0.25, -0.2) is 4.99 Å². The van der Waals surface area contributed by atoms with E-state index in [0.717, 1.165) is 35.6 Å². The van der Waals surface area contributed by atoms with Crippen LogP contribution in [0.25, 0.3) is 0 Å². The predicted molar refractivity (Wildman–Crippen MR) is 129 cm³/mol. The van der Waals surface area contributed by atoms with Crippen LogP contribution in [0.15, 0.2) is 29.3 Å². The monoisotopic (exact) mass is 506 g/mol. The van der Waals surface area contributed by atoms with E-state index in [4.69, 9.17) is 9.73 Å². The number of likely N-dealkylation sites (N-methyl/N-ethyl adjacent to an activating group) is 1. The molecule has 0 amide bonds. The Bertz CT molecular complexity index is 571. The van der Waals surface area contributed by atoms with E-state index in [9.17, 15) is 0 Å². The minimum atomic E-state index is 0. The van der Waals surface area contributed by atoms with Gasteiger partial charge in [0.1, 0.15) is 12.4 Å². The van der Waals surface area contributed by atoms with Crippen molar-refractivity contribution in [2.45, 2.75) is 44.0 Å². The molecular weight excluding hydrogens is 471 g/mol. The van der Waals surface area contributed by atoms with Crippen LogP contribution in [0.5, 0.6) is 5.75 Å². The second-order valence-corrected chi connectivity index (χ2v) is 8.14. The molecule has 2 N–H and O–H groups in total. The summed E-state index contributed by atoms with van der Waals surface area (Å²) in [4.78, 5) is 6.89. The molecule has 7 heteroatoms. The first-order valence-corrected chi connectivity index (χ1v) is 10.8. The van der Waals surface area contributed by atoms with E-state index in [0.29, 0.717) is 19.2 Å². The Kier molecular flexibility index (Phi) is 12.2. The molecule has 1 aliphatic rings. The second-order valence-electron chi connectivity index (χ2n) is 7.01. The fourth-order valence-corrected chi connectivity index (χ4v) is 3.85. The summed E-state index contributed by atoms with van der Waals surface area (Å²) in [5.74, 6) is 1.83. The van der Waals surface area contributed by atoms with E-state index in [1.807, 2.05) is 23.9 Å². The minimum Gasteiger partial charge on any atom is -0.492 e. The van der Waals surface area contributed by atoms with Crippen LogP contribution >= 0.6 is 35.7 Å². The molecule has 0 radical (unpaired) electrons. The maximum Gasteiger partial charge on any atom is 0.191 e. The van der Waals surface area contributed by atoms with Gasteiger partial charge in [-0.3, -0.25) is 0 Å². The van der Waals surface area contributed by atoms with Crippen molar-refractivity contribution < 1.29 is 4.74 Å². The molecule has 1 aromatic rings. The highest BCUT2D eigenvalue weighted by Crippen LogP contribution is 2.28. The van der Waals surface area contributed by atoms with Gasteiger partial charge >= 0.3 is 0 Å². The molecule has 0 bridgehead atoms. The first-order chi connectivity index (χ1) is 12.6. The van der Waals surface area contributed by atoms with Crippen molar-refractivity contribution in [3.05, 3.63) is 29.8 Å². The zero-order valence-electron chi connectivity index (χ0n) is 17.0. The van der Waals surface area contributed by atoms with Crippen molar-refractivity contribution in [1.29, 1.82) is 0 Å². The molecule has 0 spiro atoms. The molecule has 0 saturated heterocycles. The average Bonchev–Trinajstić information content (AvgIpc) is 3.07. The standard InChI is InChI=1S/C20H34N4OS.HI/c1-5-21-20(23-17-9-10-19(14-17)26-4)22-15-16-7-6-8-18(13-16)25-12-11-24(2)3;/h6-8,13,17,19H,5,9-12,14-15H2,1-4H3,(H2,21,22,23);1H. The Balaban J connectivity index is 0.00000364. The van der Waals surface area contributed by atoms with E-state index >= 15 is 0 Å². The third kappa shape index (κ3) is 9.38. The van der Waals surface area contributed by atoms with Crippen molar-refractivity contribution in [2.24, 2.45) is 4.99 Å². The van der Waals surface area contributed by atoms with Crippen LogP contribution in [-0.4, -0.2) is 62.2 Å². The van der Waals surface area contributed by atoms with Gasteiger partial charge < -0.3 is 20.3 Å². The fraction of sp³-hybridized carbons (Fsp3) is 0.650. The number of rotatable bonds is 9. The van der Waals surface area contributed by atoms with Crippen molar-refractivity contribution in [3.8, 4) is 5.75 Å². The summed E-state index contributed by atoms with van der Waals surface area (Å²) in [5, 5.41) is 7.75. The number of aliphatic imine (C=N–C) groups is 1. The molecule has 1 aromatic carbocycles. The van der Waals surface area contributed by atoms with Crippen LogP contribution in [0.2, 0.25) is 0 Å². The van der Waals surface area contributed by atoms with E-state index < -0.39 is 0 Å². The molecule has 0 aliphatic heterocycles. The third-order valence-electron chi connectivity index (χ3n) is 4.53. The molecule has 154 valence electrons. The highest BCUT2D eigenvalue weighted by molar-refractivity contribution is 14.0. The Morgan fingerprint density at radius 2 is 2.15 bits per heavy atom. The molecular formula is C20H35IN4OS. The summed E-state index contributed by atoms with van der Waals surface area (Å²) in [5.41, 5.74) is 1.16. The zero-order chi connectivity index (χ0) is 18.8. The number of ether oxygens (including phenoxy) is 1. The fourth-order valence-electron chi connectivity index (χ4n) is 3.05. The smallest absolute Gasteiger partial charge is 0.191 e. The number of nitrogens with one attached hydrogen (secondary N) is 2. The first-order valence-electron chi connectivity index (χ1n) is 9.54. The van der Waals surface area contributed by atoms with E-state index in [1.165, 1.54) is 19.3 Å². The quantitative estimate of drug-likeness (QED) is 0.305. The minimum absolute atomic E-state index is 0. The van der Waals surface area contributed by atoms with Gasteiger partial charge in [0.15, 0.2) is 5.96 Å². The Morgan fingerprint density at radius 3 is 2.81 bits per heavy atom. The van der Waals surface area contributed by atoms with Crippen LogP contribution in [0.1, 0.15) is 31.7 Å². The van der Waals surface area contributed by atoms with Crippen molar-refractivity contribution >= 4 is 41.7 Å². The largest absolute Gasteiger partial charge is 0.492 e. The average molecular weight is 506 g/mol. The lowest BCUT2D eigenvalue weighted by atomic mass is 10.2. The zero-order valence-corrected chi connectivity index (χ0v) is 20.2. The maximum absolute atomic E-state index is 5.82. The summed E-state index contributed by atoms with van der Waals surface area (Å²) in [6.07, 6.45) is 5.95. The van der Waals surface area contributed by atoms with E-state index in [-0.39, 0.29) is 24.0 Å². The van der Waals surface area contributed by atoms with Crippen molar-refractivity contribution in [1.82, 2.24) is 15.5 Å². The number of guanidine groups is 1. The Morgan fingerprint density at radius 1 is 1.33 bits per heavy atom. The Hall–Kier alpha value is -0.670. The summed E-state index contributed by atoms with van der Waals surface area (Å²) >= 11 is 1.98. The summed E-state index contributed by atoms with van der Waals surface area (Å²) in [6, 6.07) is 8.77. The molecule has 5 nitrogen and oxygen atoms in total. The van der Waals surface area contributed by atoms with Crippen molar-refractivity contribution in [2.75, 3.05) is 40.0 Å². The molecule has 27 heavy (non-hydrogen) atoms. The van der Waals surface area contributed by atoms with Gasteiger partial charge in [0.25, 0.3) is 0 Å². The lowest BCUT2D eigenvalue weighted by Crippen LogP contribution is -2.42. The van der Waals surface area contributed by atoms with Crippen LogP contribution < -0.4 is 15.4 Å². The van der Waals surface area contributed by atoms with Crippen LogP contribution in [-0.2, 0) is 6.54 Å². The van der Waals surface area contributed by atoms with Gasteiger partial charge in [0, 0.05) is 24.4 Å². The first kappa shape index (κ1) is 24.4. The summed E-state index contributed by atoms with van der Waals surface area (Å²) in [6.45, 7) is 5.24. The Labute approximate surface area is 186 Å². The van der Waals surface area contributed by atoms with Crippen molar-refractivity contribution in [3.63, 3.8) is 0 Å². The normalized spacial score (nSPS) is 19.7. The lowest BCUT2D eigenvalue weighted by Gasteiger charge is -2.17. The van der Waals surface area contributed by atoms with Gasteiger partial charge in [-0.05, 0) is 64.2 Å². The molecule has 0 heterocycles. The van der Waals surface area contributed by atoms with Gasteiger partial charge in [-0.2, -0.15) is 11.8 Å². The molecule has 1 fully saturated rings. The van der Waals surface area contributed by atoms with E-state index in [2.05, 4.69) is 54.9 Å². The third-order valence-corrected chi connectivity index (χ3v) is 5.62. The number of halogens is 1.